The Morgan fingerprint density at radius 1 is 0.966 bits per heavy atom. The van der Waals surface area contributed by atoms with Gasteiger partial charge in [-0.1, -0.05) is 36.4 Å². The molecule has 0 aromatic heterocycles. The normalized spacial score (nSPS) is 10.2. The molecule has 0 fully saturated rings. The Balaban J connectivity index is 1.51. The van der Waals surface area contributed by atoms with Crippen molar-refractivity contribution in [2.75, 3.05) is 20.3 Å². The zero-order valence-electron chi connectivity index (χ0n) is 16.2. The molecular formula is C23H22N2O4. The third-order valence-corrected chi connectivity index (χ3v) is 4.29. The van der Waals surface area contributed by atoms with Gasteiger partial charge in [-0.3, -0.25) is 4.79 Å². The fraction of sp³-hybridized carbons (Fsp3) is 0.217. The standard InChI is InChI=1S/C23H22N2O4/c1-27-22-14-17(16-25-23(26)10-11-24)6-9-21(22)29-13-12-28-20-8-7-18-4-2-3-5-19(18)15-20/h2-9,14-15H,10,12-13,16H2,1H3,(H,25,26). The summed E-state index contributed by atoms with van der Waals surface area (Å²) < 4.78 is 16.9. The third-order valence-electron chi connectivity index (χ3n) is 4.29. The van der Waals surface area contributed by atoms with E-state index in [2.05, 4.69) is 11.4 Å². The van der Waals surface area contributed by atoms with Crippen LogP contribution in [0.3, 0.4) is 0 Å². The molecule has 0 aliphatic rings. The maximum Gasteiger partial charge on any atom is 0.234 e. The van der Waals surface area contributed by atoms with E-state index < -0.39 is 0 Å². The van der Waals surface area contributed by atoms with Crippen LogP contribution in [-0.2, 0) is 11.3 Å². The number of benzene rings is 3. The molecule has 1 amide bonds. The quantitative estimate of drug-likeness (QED) is 0.562. The molecule has 1 N–H and O–H groups in total. The number of hydrogen-bond donors (Lipinski definition) is 1. The van der Waals surface area contributed by atoms with Crippen molar-refractivity contribution in [2.24, 2.45) is 0 Å². The van der Waals surface area contributed by atoms with E-state index in [0.717, 1.165) is 16.7 Å². The van der Waals surface area contributed by atoms with Gasteiger partial charge in [0, 0.05) is 6.54 Å². The molecule has 29 heavy (non-hydrogen) atoms. The van der Waals surface area contributed by atoms with Crippen LogP contribution in [0.2, 0.25) is 0 Å². The van der Waals surface area contributed by atoms with Crippen LogP contribution in [0.4, 0.5) is 0 Å². The summed E-state index contributed by atoms with van der Waals surface area (Å²) in [5.74, 6) is 1.66. The predicted molar refractivity (Wildman–Crippen MR) is 110 cm³/mol. The molecule has 3 aromatic rings. The van der Waals surface area contributed by atoms with E-state index in [1.54, 1.807) is 19.2 Å². The van der Waals surface area contributed by atoms with Gasteiger partial charge in [0.2, 0.25) is 5.91 Å². The number of methoxy groups -OCH3 is 1. The molecule has 6 nitrogen and oxygen atoms in total. The number of carbonyl (C=O) groups excluding carboxylic acids is 1. The molecule has 0 atom stereocenters. The van der Waals surface area contributed by atoms with Crippen LogP contribution in [0, 0.1) is 11.3 Å². The van der Waals surface area contributed by atoms with Crippen LogP contribution in [0.1, 0.15) is 12.0 Å². The molecule has 3 rings (SSSR count). The van der Waals surface area contributed by atoms with Crippen molar-refractivity contribution < 1.29 is 19.0 Å². The van der Waals surface area contributed by atoms with Crippen molar-refractivity contribution in [3.63, 3.8) is 0 Å². The van der Waals surface area contributed by atoms with Crippen LogP contribution in [0.15, 0.2) is 60.7 Å². The predicted octanol–water partition coefficient (Wildman–Crippen LogP) is 3.84. The van der Waals surface area contributed by atoms with Gasteiger partial charge in [-0.2, -0.15) is 5.26 Å². The zero-order chi connectivity index (χ0) is 20.5. The lowest BCUT2D eigenvalue weighted by molar-refractivity contribution is -0.120. The lowest BCUT2D eigenvalue weighted by Crippen LogP contribution is -2.21. The van der Waals surface area contributed by atoms with Crippen LogP contribution >= 0.6 is 0 Å². The fourth-order valence-electron chi connectivity index (χ4n) is 2.84. The van der Waals surface area contributed by atoms with Crippen LogP contribution in [0.5, 0.6) is 17.2 Å². The summed E-state index contributed by atoms with van der Waals surface area (Å²) in [6.07, 6.45) is -0.157. The number of fused-ring (bicyclic) bond motifs is 1. The molecule has 0 spiro atoms. The van der Waals surface area contributed by atoms with Gasteiger partial charge >= 0.3 is 0 Å². The van der Waals surface area contributed by atoms with E-state index in [1.165, 1.54) is 5.39 Å². The second kappa shape index (κ2) is 10.00. The first-order chi connectivity index (χ1) is 14.2. The summed E-state index contributed by atoms with van der Waals surface area (Å²) in [5, 5.41) is 13.5. The molecule has 0 heterocycles. The summed E-state index contributed by atoms with van der Waals surface area (Å²) >= 11 is 0. The highest BCUT2D eigenvalue weighted by atomic mass is 16.5. The van der Waals surface area contributed by atoms with Crippen LogP contribution in [0.25, 0.3) is 10.8 Å². The number of nitrogens with one attached hydrogen (secondary N) is 1. The Morgan fingerprint density at radius 3 is 2.55 bits per heavy atom. The SMILES string of the molecule is COc1cc(CNC(=O)CC#N)ccc1OCCOc1ccc2ccccc2c1. The van der Waals surface area contributed by atoms with Crippen molar-refractivity contribution in [3.8, 4) is 23.3 Å². The van der Waals surface area contributed by atoms with E-state index in [-0.39, 0.29) is 12.3 Å². The van der Waals surface area contributed by atoms with Gasteiger partial charge in [0.15, 0.2) is 11.5 Å². The zero-order valence-corrected chi connectivity index (χ0v) is 16.2. The van der Waals surface area contributed by atoms with Gasteiger partial charge in [-0.15, -0.1) is 0 Å². The molecule has 0 saturated carbocycles. The van der Waals surface area contributed by atoms with Gasteiger partial charge < -0.3 is 19.5 Å². The largest absolute Gasteiger partial charge is 0.493 e. The molecule has 0 bridgehead atoms. The van der Waals surface area contributed by atoms with E-state index in [0.29, 0.717) is 31.3 Å². The topological polar surface area (TPSA) is 80.6 Å². The van der Waals surface area contributed by atoms with Gasteiger partial charge in [-0.05, 0) is 40.6 Å². The van der Waals surface area contributed by atoms with Crippen LogP contribution < -0.4 is 19.5 Å². The number of nitriles is 1. The van der Waals surface area contributed by atoms with Crippen molar-refractivity contribution in [3.05, 3.63) is 66.2 Å². The highest BCUT2D eigenvalue weighted by Crippen LogP contribution is 2.28. The van der Waals surface area contributed by atoms with Gasteiger partial charge in [-0.25, -0.2) is 0 Å². The molecule has 0 unspecified atom stereocenters. The Morgan fingerprint density at radius 2 is 1.76 bits per heavy atom. The number of nitrogens with zero attached hydrogens (tertiary/aromatic N) is 1. The van der Waals surface area contributed by atoms with Gasteiger partial charge in [0.05, 0.1) is 13.2 Å². The molecular weight excluding hydrogens is 368 g/mol. The average molecular weight is 390 g/mol. The minimum Gasteiger partial charge on any atom is -0.493 e. The van der Waals surface area contributed by atoms with Crippen molar-refractivity contribution >= 4 is 16.7 Å². The molecule has 148 valence electrons. The monoisotopic (exact) mass is 390 g/mol. The molecule has 0 aliphatic carbocycles. The summed E-state index contributed by atoms with van der Waals surface area (Å²) in [5.41, 5.74) is 0.855. The smallest absolute Gasteiger partial charge is 0.234 e. The van der Waals surface area contributed by atoms with Gasteiger partial charge in [0.25, 0.3) is 0 Å². The van der Waals surface area contributed by atoms with Crippen molar-refractivity contribution in [1.29, 1.82) is 5.26 Å². The second-order valence-electron chi connectivity index (χ2n) is 6.30. The summed E-state index contributed by atoms with van der Waals surface area (Å²) in [6.45, 7) is 1.08. The number of rotatable bonds is 9. The average Bonchev–Trinajstić information content (AvgIpc) is 2.75. The lowest BCUT2D eigenvalue weighted by atomic mass is 10.1. The lowest BCUT2D eigenvalue weighted by Gasteiger charge is -2.13. The summed E-state index contributed by atoms with van der Waals surface area (Å²) in [4.78, 5) is 11.4. The van der Waals surface area contributed by atoms with E-state index in [9.17, 15) is 4.79 Å². The number of hydrogen-bond acceptors (Lipinski definition) is 5. The Bertz CT molecular complexity index is 1030. The summed E-state index contributed by atoms with van der Waals surface area (Å²) in [7, 11) is 1.56. The fourth-order valence-corrected chi connectivity index (χ4v) is 2.84. The molecule has 6 heteroatoms. The molecule has 3 aromatic carbocycles. The Kier molecular flexibility index (Phi) is 6.90. The molecule has 0 radical (unpaired) electrons. The maximum atomic E-state index is 11.4. The first-order valence-electron chi connectivity index (χ1n) is 9.24. The number of ether oxygens (including phenoxy) is 3. The van der Waals surface area contributed by atoms with Crippen molar-refractivity contribution in [1.82, 2.24) is 5.32 Å². The van der Waals surface area contributed by atoms with Crippen LogP contribution in [-0.4, -0.2) is 26.2 Å². The minimum atomic E-state index is -0.308. The first kappa shape index (κ1) is 20.0. The Labute approximate surface area is 169 Å². The minimum absolute atomic E-state index is 0.157. The van der Waals surface area contributed by atoms with E-state index >= 15 is 0 Å². The van der Waals surface area contributed by atoms with Gasteiger partial charge in [0.1, 0.15) is 25.4 Å². The second-order valence-corrected chi connectivity index (χ2v) is 6.30. The molecule has 0 saturated heterocycles. The third kappa shape index (κ3) is 5.63. The van der Waals surface area contributed by atoms with Crippen molar-refractivity contribution in [2.45, 2.75) is 13.0 Å². The highest BCUT2D eigenvalue weighted by molar-refractivity contribution is 5.83. The number of carbonyl (C=O) groups is 1. The highest BCUT2D eigenvalue weighted by Gasteiger charge is 2.07. The first-order valence-corrected chi connectivity index (χ1v) is 9.24. The van der Waals surface area contributed by atoms with E-state index in [4.69, 9.17) is 19.5 Å². The Hall–Kier alpha value is -3.72. The molecule has 0 aliphatic heterocycles. The summed E-state index contributed by atoms with van der Waals surface area (Å²) in [6, 6.07) is 21.3. The number of amides is 1. The van der Waals surface area contributed by atoms with E-state index in [1.807, 2.05) is 48.5 Å². The maximum absolute atomic E-state index is 11.4.